The molecule has 0 aliphatic carbocycles. The van der Waals surface area contributed by atoms with Gasteiger partial charge in [0.05, 0.1) is 5.01 Å². The number of rotatable bonds is 3. The first-order valence-corrected chi connectivity index (χ1v) is 6.69. The molecule has 1 atom stereocenters. The number of hydrogen-bond acceptors (Lipinski definition) is 4. The summed E-state index contributed by atoms with van der Waals surface area (Å²) >= 11 is 1.16. The second kappa shape index (κ2) is 5.39. The van der Waals surface area contributed by atoms with Gasteiger partial charge in [-0.15, -0.1) is 11.3 Å². The van der Waals surface area contributed by atoms with Crippen LogP contribution in [0.25, 0.3) is 0 Å². The van der Waals surface area contributed by atoms with E-state index in [2.05, 4.69) is 4.98 Å². The number of carbonyl (C=O) groups excluding carboxylic acids is 1. The second-order valence-electron chi connectivity index (χ2n) is 4.54. The van der Waals surface area contributed by atoms with Crippen LogP contribution in [-0.4, -0.2) is 46.1 Å². The summed E-state index contributed by atoms with van der Waals surface area (Å²) < 4.78 is 36.8. The van der Waals surface area contributed by atoms with Crippen LogP contribution in [-0.2, 0) is 11.2 Å². The predicted molar refractivity (Wildman–Crippen MR) is 63.5 cm³/mol. The van der Waals surface area contributed by atoms with E-state index in [1.54, 1.807) is 0 Å². The van der Waals surface area contributed by atoms with Crippen molar-refractivity contribution >= 4 is 23.2 Å². The molecular weight excluding hydrogens is 297 g/mol. The Morgan fingerprint density at radius 3 is 2.75 bits per heavy atom. The van der Waals surface area contributed by atoms with Crippen LogP contribution in [0.3, 0.4) is 0 Å². The van der Waals surface area contributed by atoms with E-state index in [1.807, 2.05) is 0 Å². The maximum Gasteiger partial charge on any atom is 0.471 e. The third-order valence-corrected chi connectivity index (χ3v) is 3.92. The van der Waals surface area contributed by atoms with E-state index in [9.17, 15) is 22.8 Å². The van der Waals surface area contributed by atoms with Crippen LogP contribution >= 0.6 is 11.3 Å². The molecule has 1 N–H and O–H groups in total. The molecule has 0 aromatic carbocycles. The first-order valence-electron chi connectivity index (χ1n) is 5.81. The Balaban J connectivity index is 1.93. The molecular formula is C11H11F3N2O3S. The smallest absolute Gasteiger partial charge is 0.471 e. The van der Waals surface area contributed by atoms with Crippen molar-refractivity contribution in [3.63, 3.8) is 0 Å². The number of alkyl halides is 3. The highest BCUT2D eigenvalue weighted by Crippen LogP contribution is 2.27. The van der Waals surface area contributed by atoms with Gasteiger partial charge in [0.2, 0.25) is 0 Å². The summed E-state index contributed by atoms with van der Waals surface area (Å²) in [5, 5.41) is 10.7. The van der Waals surface area contributed by atoms with Gasteiger partial charge in [-0.25, -0.2) is 9.78 Å². The Hall–Kier alpha value is -1.64. The molecule has 1 fully saturated rings. The van der Waals surface area contributed by atoms with Crippen LogP contribution in [0.4, 0.5) is 13.2 Å². The molecule has 9 heteroatoms. The number of halogens is 3. The Morgan fingerprint density at radius 2 is 2.20 bits per heavy atom. The Kier molecular flexibility index (Phi) is 3.98. The van der Waals surface area contributed by atoms with Crippen molar-refractivity contribution < 1.29 is 27.9 Å². The van der Waals surface area contributed by atoms with E-state index in [1.165, 1.54) is 5.38 Å². The van der Waals surface area contributed by atoms with Crippen LogP contribution in [0.2, 0.25) is 0 Å². The predicted octanol–water partition coefficient (Wildman–Crippen LogP) is 1.79. The molecule has 0 radical (unpaired) electrons. The van der Waals surface area contributed by atoms with Crippen molar-refractivity contribution in [1.29, 1.82) is 0 Å². The lowest BCUT2D eigenvalue weighted by atomic mass is 10.1. The summed E-state index contributed by atoms with van der Waals surface area (Å²) in [6.07, 6.45) is -3.99. The van der Waals surface area contributed by atoms with Gasteiger partial charge >= 0.3 is 18.1 Å². The number of carboxylic acid groups (broad SMARTS) is 1. The van der Waals surface area contributed by atoms with Crippen LogP contribution in [0, 0.1) is 5.92 Å². The van der Waals surface area contributed by atoms with E-state index in [0.717, 1.165) is 16.2 Å². The summed E-state index contributed by atoms with van der Waals surface area (Å²) in [6.45, 7) is 0.0977. The van der Waals surface area contributed by atoms with E-state index in [0.29, 0.717) is 17.8 Å². The number of carbonyl (C=O) groups is 2. The lowest BCUT2D eigenvalue weighted by Crippen LogP contribution is -2.39. The second-order valence-corrected chi connectivity index (χ2v) is 5.48. The van der Waals surface area contributed by atoms with Gasteiger partial charge in [0, 0.05) is 24.9 Å². The highest BCUT2D eigenvalue weighted by atomic mass is 32.1. The average molecular weight is 308 g/mol. The van der Waals surface area contributed by atoms with E-state index in [-0.39, 0.29) is 24.7 Å². The molecule has 110 valence electrons. The number of carboxylic acids is 1. The standard InChI is InChI=1S/C11H11F3N2O3S/c12-11(13,14)10(19)16-2-1-6(4-16)3-8-15-7(5-20-8)9(17)18/h5-6H,1-4H2,(H,17,18). The molecule has 0 saturated carbocycles. The largest absolute Gasteiger partial charge is 0.476 e. The monoisotopic (exact) mass is 308 g/mol. The van der Waals surface area contributed by atoms with Gasteiger partial charge in [0.25, 0.3) is 0 Å². The van der Waals surface area contributed by atoms with Gasteiger partial charge in [-0.3, -0.25) is 4.79 Å². The number of hydrogen-bond donors (Lipinski definition) is 1. The fourth-order valence-electron chi connectivity index (χ4n) is 2.11. The summed E-state index contributed by atoms with van der Waals surface area (Å²) in [5.41, 5.74) is -0.0637. The zero-order chi connectivity index (χ0) is 14.9. The van der Waals surface area contributed by atoms with Crippen LogP contribution in [0.15, 0.2) is 5.38 Å². The summed E-state index contributed by atoms with van der Waals surface area (Å²) in [6, 6.07) is 0. The van der Waals surface area contributed by atoms with E-state index in [4.69, 9.17) is 5.11 Å². The highest BCUT2D eigenvalue weighted by Gasteiger charge is 2.44. The molecule has 5 nitrogen and oxygen atoms in total. The maximum atomic E-state index is 12.3. The lowest BCUT2D eigenvalue weighted by molar-refractivity contribution is -0.184. The van der Waals surface area contributed by atoms with Crippen LogP contribution < -0.4 is 0 Å². The molecule has 1 aromatic rings. The van der Waals surface area contributed by atoms with Gasteiger partial charge < -0.3 is 10.0 Å². The zero-order valence-corrected chi connectivity index (χ0v) is 11.0. The van der Waals surface area contributed by atoms with Crippen LogP contribution in [0.5, 0.6) is 0 Å². The van der Waals surface area contributed by atoms with E-state index >= 15 is 0 Å². The fraction of sp³-hybridized carbons (Fsp3) is 0.545. The Morgan fingerprint density at radius 1 is 1.50 bits per heavy atom. The maximum absolute atomic E-state index is 12.3. The highest BCUT2D eigenvalue weighted by molar-refractivity contribution is 7.09. The number of aromatic carboxylic acids is 1. The SMILES string of the molecule is O=C(O)c1csc(CC2CCN(C(=O)C(F)(F)F)C2)n1. The third-order valence-electron chi connectivity index (χ3n) is 3.05. The molecule has 2 rings (SSSR count). The molecule has 20 heavy (non-hydrogen) atoms. The third kappa shape index (κ3) is 3.27. The number of thiazole rings is 1. The minimum absolute atomic E-state index is 0.0281. The molecule has 1 saturated heterocycles. The molecule has 0 spiro atoms. The van der Waals surface area contributed by atoms with Crippen molar-refractivity contribution in [2.75, 3.05) is 13.1 Å². The summed E-state index contributed by atoms with van der Waals surface area (Å²) in [5.74, 6) is -3.06. The van der Waals surface area contributed by atoms with Crippen molar-refractivity contribution in [2.24, 2.45) is 5.92 Å². The minimum atomic E-state index is -4.84. The fourth-order valence-corrected chi connectivity index (χ4v) is 3.00. The van der Waals surface area contributed by atoms with Crippen molar-refractivity contribution in [3.8, 4) is 0 Å². The van der Waals surface area contributed by atoms with Crippen molar-refractivity contribution in [2.45, 2.75) is 19.0 Å². The first kappa shape index (κ1) is 14.8. The average Bonchev–Trinajstić information content (AvgIpc) is 2.96. The van der Waals surface area contributed by atoms with Gasteiger partial charge in [-0.05, 0) is 12.3 Å². The molecule has 1 aromatic heterocycles. The van der Waals surface area contributed by atoms with Crippen LogP contribution in [0.1, 0.15) is 21.9 Å². The Labute approximate surface area is 116 Å². The molecule has 2 heterocycles. The number of nitrogens with zero attached hydrogens (tertiary/aromatic N) is 2. The quantitative estimate of drug-likeness (QED) is 0.924. The minimum Gasteiger partial charge on any atom is -0.476 e. The molecule has 1 unspecified atom stereocenters. The number of aromatic nitrogens is 1. The van der Waals surface area contributed by atoms with Gasteiger partial charge in [0.1, 0.15) is 0 Å². The number of likely N-dealkylation sites (tertiary alicyclic amines) is 1. The van der Waals surface area contributed by atoms with E-state index < -0.39 is 18.1 Å². The Bertz CT molecular complexity index is 529. The summed E-state index contributed by atoms with van der Waals surface area (Å²) in [7, 11) is 0. The lowest BCUT2D eigenvalue weighted by Gasteiger charge is -2.17. The topological polar surface area (TPSA) is 70.5 Å². The van der Waals surface area contributed by atoms with Gasteiger partial charge in [0.15, 0.2) is 5.69 Å². The van der Waals surface area contributed by atoms with Gasteiger partial charge in [-0.1, -0.05) is 0 Å². The summed E-state index contributed by atoms with van der Waals surface area (Å²) in [4.78, 5) is 26.4. The van der Waals surface area contributed by atoms with Crippen molar-refractivity contribution in [1.82, 2.24) is 9.88 Å². The first-order chi connectivity index (χ1) is 9.27. The molecule has 1 aliphatic rings. The molecule has 1 aliphatic heterocycles. The zero-order valence-electron chi connectivity index (χ0n) is 10.2. The molecule has 0 bridgehead atoms. The van der Waals surface area contributed by atoms with Gasteiger partial charge in [-0.2, -0.15) is 13.2 Å². The molecule has 1 amide bonds. The van der Waals surface area contributed by atoms with Crippen molar-refractivity contribution in [3.05, 3.63) is 16.1 Å². The number of amides is 1. The normalized spacial score (nSPS) is 19.4.